The Hall–Kier alpha value is -0.570. The maximum Gasteiger partial charge on any atom is 0.0446 e. The number of aryl methyl sites for hydroxylation is 1. The molecule has 1 unspecified atom stereocenters. The third-order valence-corrected chi connectivity index (χ3v) is 1.96. The van der Waals surface area contributed by atoms with Gasteiger partial charge in [-0.15, -0.1) is 0 Å². The molecule has 2 nitrogen and oxygen atoms in total. The summed E-state index contributed by atoms with van der Waals surface area (Å²) in [5.41, 5.74) is 5.38. The van der Waals surface area contributed by atoms with Crippen LogP contribution in [-0.2, 0) is 0 Å². The smallest absolute Gasteiger partial charge is 0.0446 e. The summed E-state index contributed by atoms with van der Waals surface area (Å²) in [6.07, 6.45) is 0. The van der Waals surface area contributed by atoms with Gasteiger partial charge in [-0.3, -0.25) is 0 Å². The Bertz CT molecular complexity index is 233. The van der Waals surface area contributed by atoms with Crippen LogP contribution in [0.3, 0.4) is 0 Å². The minimum Gasteiger partial charge on any atom is -0.236 e. The van der Waals surface area contributed by atoms with E-state index in [1.807, 2.05) is 6.92 Å². The van der Waals surface area contributed by atoms with E-state index in [1.165, 1.54) is 11.1 Å². The lowest BCUT2D eigenvalue weighted by molar-refractivity contribution is 0.559. The van der Waals surface area contributed by atoms with Crippen molar-refractivity contribution in [1.82, 2.24) is 10.4 Å². The standard InChI is InChI=1S/C9H13ClN2/c1-7-3-5-9(6-4-7)8(2)11-12-10/h3-6,8,11-12H,1-2H3. The Balaban J connectivity index is 2.68. The fourth-order valence-electron chi connectivity index (χ4n) is 1.02. The normalized spacial score (nSPS) is 12.9. The number of benzene rings is 1. The fourth-order valence-corrected chi connectivity index (χ4v) is 1.18. The molecule has 0 fully saturated rings. The van der Waals surface area contributed by atoms with E-state index in [9.17, 15) is 0 Å². The summed E-state index contributed by atoms with van der Waals surface area (Å²) < 4.78 is 0. The van der Waals surface area contributed by atoms with Crippen LogP contribution in [0.1, 0.15) is 24.1 Å². The molecule has 0 aromatic heterocycles. The first-order valence-electron chi connectivity index (χ1n) is 3.92. The second-order valence-electron chi connectivity index (χ2n) is 2.87. The van der Waals surface area contributed by atoms with Crippen LogP contribution in [0.25, 0.3) is 0 Å². The van der Waals surface area contributed by atoms with Crippen LogP contribution in [0.15, 0.2) is 24.3 Å². The quantitative estimate of drug-likeness (QED) is 0.557. The molecular formula is C9H13ClN2. The van der Waals surface area contributed by atoms with E-state index in [0.717, 1.165) is 0 Å². The van der Waals surface area contributed by atoms with Crippen molar-refractivity contribution in [3.05, 3.63) is 35.4 Å². The van der Waals surface area contributed by atoms with Crippen LogP contribution in [0, 0.1) is 6.92 Å². The molecule has 1 rings (SSSR count). The van der Waals surface area contributed by atoms with Crippen LogP contribution < -0.4 is 10.4 Å². The Morgan fingerprint density at radius 1 is 1.25 bits per heavy atom. The highest BCUT2D eigenvalue weighted by atomic mass is 35.5. The lowest BCUT2D eigenvalue weighted by Crippen LogP contribution is -2.26. The maximum absolute atomic E-state index is 5.32. The van der Waals surface area contributed by atoms with Crippen LogP contribution in [0.4, 0.5) is 0 Å². The Kier molecular flexibility index (Phi) is 3.53. The summed E-state index contributed by atoms with van der Waals surface area (Å²) in [5.74, 6) is 0. The summed E-state index contributed by atoms with van der Waals surface area (Å²) in [6.45, 7) is 4.11. The lowest BCUT2D eigenvalue weighted by atomic mass is 10.1. The second-order valence-corrected chi connectivity index (χ2v) is 3.06. The monoisotopic (exact) mass is 184 g/mol. The molecule has 0 radical (unpaired) electrons. The van der Waals surface area contributed by atoms with Crippen molar-refractivity contribution < 1.29 is 0 Å². The van der Waals surface area contributed by atoms with Gasteiger partial charge in [-0.2, -0.15) is 4.94 Å². The molecule has 0 spiro atoms. The summed E-state index contributed by atoms with van der Waals surface area (Å²) in [6, 6.07) is 8.56. The van der Waals surface area contributed by atoms with Crippen LogP contribution in [0.2, 0.25) is 0 Å². The van der Waals surface area contributed by atoms with E-state index < -0.39 is 0 Å². The molecule has 0 amide bonds. The summed E-state index contributed by atoms with van der Waals surface area (Å²) in [7, 11) is 0. The van der Waals surface area contributed by atoms with Crippen molar-refractivity contribution in [3.63, 3.8) is 0 Å². The molecule has 3 heteroatoms. The van der Waals surface area contributed by atoms with Gasteiger partial charge in [0.2, 0.25) is 0 Å². The first kappa shape index (κ1) is 9.52. The zero-order valence-corrected chi connectivity index (χ0v) is 8.02. The molecular weight excluding hydrogens is 172 g/mol. The SMILES string of the molecule is Cc1ccc(C(C)NNCl)cc1. The van der Waals surface area contributed by atoms with Crippen molar-refractivity contribution in [2.24, 2.45) is 0 Å². The number of hydrazine groups is 1. The van der Waals surface area contributed by atoms with Crippen LogP contribution >= 0.6 is 11.8 Å². The van der Waals surface area contributed by atoms with Gasteiger partial charge in [0, 0.05) is 6.04 Å². The van der Waals surface area contributed by atoms with Gasteiger partial charge < -0.3 is 0 Å². The molecule has 0 aliphatic rings. The molecule has 0 saturated heterocycles. The number of hydrogen-bond donors (Lipinski definition) is 2. The third kappa shape index (κ3) is 2.48. The lowest BCUT2D eigenvalue weighted by Gasteiger charge is -2.11. The zero-order chi connectivity index (χ0) is 8.97. The van der Waals surface area contributed by atoms with Crippen molar-refractivity contribution in [3.8, 4) is 0 Å². The number of halogens is 1. The first-order valence-corrected chi connectivity index (χ1v) is 4.29. The van der Waals surface area contributed by atoms with Crippen molar-refractivity contribution >= 4 is 11.8 Å². The second kappa shape index (κ2) is 4.45. The molecule has 0 aliphatic carbocycles. The molecule has 12 heavy (non-hydrogen) atoms. The van der Waals surface area contributed by atoms with E-state index >= 15 is 0 Å². The van der Waals surface area contributed by atoms with E-state index in [2.05, 4.69) is 41.6 Å². The Morgan fingerprint density at radius 2 is 1.83 bits per heavy atom. The minimum atomic E-state index is 0.225. The van der Waals surface area contributed by atoms with Crippen LogP contribution in [0.5, 0.6) is 0 Å². The fraction of sp³-hybridized carbons (Fsp3) is 0.333. The van der Waals surface area contributed by atoms with Gasteiger partial charge in [-0.05, 0) is 31.2 Å². The molecule has 0 aliphatic heterocycles. The van der Waals surface area contributed by atoms with Gasteiger partial charge in [0.1, 0.15) is 0 Å². The van der Waals surface area contributed by atoms with Gasteiger partial charge in [0.25, 0.3) is 0 Å². The molecule has 1 aromatic rings. The first-order chi connectivity index (χ1) is 5.74. The maximum atomic E-state index is 5.32. The van der Waals surface area contributed by atoms with Crippen molar-refractivity contribution in [1.29, 1.82) is 0 Å². The van der Waals surface area contributed by atoms with Gasteiger partial charge in [0.15, 0.2) is 0 Å². The molecule has 0 bridgehead atoms. The average molecular weight is 185 g/mol. The largest absolute Gasteiger partial charge is 0.236 e. The van der Waals surface area contributed by atoms with E-state index in [1.54, 1.807) is 0 Å². The third-order valence-electron chi connectivity index (χ3n) is 1.85. The zero-order valence-electron chi connectivity index (χ0n) is 7.26. The highest BCUT2D eigenvalue weighted by Crippen LogP contribution is 2.11. The molecule has 2 N–H and O–H groups in total. The molecule has 0 saturated carbocycles. The topological polar surface area (TPSA) is 24.1 Å². The molecule has 1 atom stereocenters. The molecule has 0 heterocycles. The van der Waals surface area contributed by atoms with Gasteiger partial charge in [-0.1, -0.05) is 29.8 Å². The predicted octanol–water partition coefficient (Wildman–Crippen LogP) is 2.30. The van der Waals surface area contributed by atoms with Gasteiger partial charge in [-0.25, -0.2) is 5.43 Å². The Morgan fingerprint density at radius 3 is 2.33 bits per heavy atom. The van der Waals surface area contributed by atoms with E-state index in [4.69, 9.17) is 11.8 Å². The van der Waals surface area contributed by atoms with Crippen LogP contribution in [-0.4, -0.2) is 0 Å². The summed E-state index contributed by atoms with van der Waals surface area (Å²) >= 11 is 5.32. The predicted molar refractivity (Wildman–Crippen MR) is 51.7 cm³/mol. The molecule has 66 valence electrons. The van der Waals surface area contributed by atoms with Gasteiger partial charge in [0.05, 0.1) is 0 Å². The summed E-state index contributed by atoms with van der Waals surface area (Å²) in [5, 5.41) is 0. The van der Waals surface area contributed by atoms with Crippen molar-refractivity contribution in [2.45, 2.75) is 19.9 Å². The number of hydrogen-bond acceptors (Lipinski definition) is 2. The number of rotatable bonds is 3. The number of nitrogens with one attached hydrogen (secondary N) is 2. The summed E-state index contributed by atoms with van der Waals surface area (Å²) in [4.78, 5) is 2.40. The Labute approximate surface area is 78.0 Å². The van der Waals surface area contributed by atoms with Crippen molar-refractivity contribution in [2.75, 3.05) is 0 Å². The van der Waals surface area contributed by atoms with Gasteiger partial charge >= 0.3 is 0 Å². The highest BCUT2D eigenvalue weighted by molar-refractivity contribution is 6.13. The minimum absolute atomic E-state index is 0.225. The average Bonchev–Trinajstić information content (AvgIpc) is 2.06. The van der Waals surface area contributed by atoms with E-state index in [0.29, 0.717) is 0 Å². The highest BCUT2D eigenvalue weighted by Gasteiger charge is 2.01. The van der Waals surface area contributed by atoms with E-state index in [-0.39, 0.29) is 6.04 Å². The molecule has 1 aromatic carbocycles.